The normalized spacial score (nSPS) is 11.6. The fraction of sp³-hybridized carbons (Fsp3) is 0.316. The third-order valence-corrected chi connectivity index (χ3v) is 3.39. The largest absolute Gasteiger partial charge is 0.491 e. The Bertz CT molecular complexity index is 637. The van der Waals surface area contributed by atoms with E-state index in [9.17, 15) is 9.90 Å². The molecule has 0 aliphatic carbocycles. The summed E-state index contributed by atoms with van der Waals surface area (Å²) in [6.07, 6.45) is 0.253. The summed E-state index contributed by atoms with van der Waals surface area (Å²) in [5.41, 5.74) is 1.95. The fourth-order valence-electron chi connectivity index (χ4n) is 2.09. The van der Waals surface area contributed by atoms with Crippen molar-refractivity contribution in [3.8, 4) is 11.5 Å². The number of ether oxygens (including phenoxy) is 2. The molecule has 0 aliphatic heterocycles. The minimum atomic E-state index is -0.731. The summed E-state index contributed by atoms with van der Waals surface area (Å²) < 4.78 is 11.1. The lowest BCUT2D eigenvalue weighted by Crippen LogP contribution is -2.25. The highest BCUT2D eigenvalue weighted by Crippen LogP contribution is 2.16. The van der Waals surface area contributed by atoms with Crippen LogP contribution in [-0.2, 0) is 11.2 Å². The second kappa shape index (κ2) is 8.93. The second-order valence-corrected chi connectivity index (χ2v) is 5.48. The number of hydrogen-bond acceptors (Lipinski definition) is 4. The molecule has 1 atom stereocenters. The van der Waals surface area contributed by atoms with E-state index in [4.69, 9.17) is 9.47 Å². The number of aryl methyl sites for hydroxylation is 1. The molecule has 0 fully saturated rings. The number of aliphatic hydroxyl groups excluding tert-OH is 1. The summed E-state index contributed by atoms with van der Waals surface area (Å²) >= 11 is 0. The smallest absolute Gasteiger partial charge is 0.221 e. The number of benzene rings is 2. The van der Waals surface area contributed by atoms with Crippen molar-refractivity contribution < 1.29 is 19.4 Å². The number of carbonyl (C=O) groups excluding carboxylic acids is 1. The molecule has 0 aromatic heterocycles. The van der Waals surface area contributed by atoms with Crippen LogP contribution in [0.2, 0.25) is 0 Å². The van der Waals surface area contributed by atoms with Crippen molar-refractivity contribution in [2.24, 2.45) is 0 Å². The molecule has 0 saturated heterocycles. The highest BCUT2D eigenvalue weighted by atomic mass is 16.5. The van der Waals surface area contributed by atoms with E-state index >= 15 is 0 Å². The van der Waals surface area contributed by atoms with Crippen molar-refractivity contribution in [1.82, 2.24) is 0 Å². The van der Waals surface area contributed by atoms with Gasteiger partial charge in [0.25, 0.3) is 0 Å². The summed E-state index contributed by atoms with van der Waals surface area (Å²) in [5.74, 6) is 1.23. The van der Waals surface area contributed by atoms with E-state index in [2.05, 4.69) is 12.2 Å². The average molecular weight is 329 g/mol. The summed E-state index contributed by atoms with van der Waals surface area (Å²) in [5, 5.41) is 12.6. The average Bonchev–Trinajstić information content (AvgIpc) is 2.59. The van der Waals surface area contributed by atoms with Crippen LogP contribution < -0.4 is 14.8 Å². The Kier molecular flexibility index (Phi) is 6.63. The second-order valence-electron chi connectivity index (χ2n) is 5.48. The molecule has 0 heterocycles. The SMILES string of the molecule is CCc1ccc(OCC(O)COc2ccc(NC(C)=O)cc2)cc1. The Morgan fingerprint density at radius 2 is 1.50 bits per heavy atom. The van der Waals surface area contributed by atoms with E-state index in [0.29, 0.717) is 11.4 Å². The molecule has 0 bridgehead atoms. The maximum Gasteiger partial charge on any atom is 0.221 e. The summed E-state index contributed by atoms with van der Waals surface area (Å²) in [7, 11) is 0. The number of carbonyl (C=O) groups is 1. The van der Waals surface area contributed by atoms with Crippen LogP contribution in [0.3, 0.4) is 0 Å². The van der Waals surface area contributed by atoms with Gasteiger partial charge in [-0.15, -0.1) is 0 Å². The van der Waals surface area contributed by atoms with Crippen LogP contribution in [0.4, 0.5) is 5.69 Å². The van der Waals surface area contributed by atoms with E-state index < -0.39 is 6.10 Å². The first-order chi connectivity index (χ1) is 11.6. The standard InChI is InChI=1S/C19H23NO4/c1-3-15-4-8-18(9-5-15)23-12-17(22)13-24-19-10-6-16(7-11-19)20-14(2)21/h4-11,17,22H,3,12-13H2,1-2H3,(H,20,21). The maximum absolute atomic E-state index is 10.9. The first kappa shape index (κ1) is 17.8. The van der Waals surface area contributed by atoms with Gasteiger partial charge < -0.3 is 19.9 Å². The van der Waals surface area contributed by atoms with Gasteiger partial charge in [-0.25, -0.2) is 0 Å². The topological polar surface area (TPSA) is 67.8 Å². The minimum absolute atomic E-state index is 0.122. The number of aliphatic hydroxyl groups is 1. The van der Waals surface area contributed by atoms with Crippen LogP contribution >= 0.6 is 0 Å². The van der Waals surface area contributed by atoms with Crippen LogP contribution in [0.5, 0.6) is 11.5 Å². The molecule has 2 aromatic carbocycles. The van der Waals surface area contributed by atoms with Crippen LogP contribution in [0.1, 0.15) is 19.4 Å². The van der Waals surface area contributed by atoms with Gasteiger partial charge in [-0.3, -0.25) is 4.79 Å². The molecule has 1 unspecified atom stereocenters. The monoisotopic (exact) mass is 329 g/mol. The Balaban J connectivity index is 1.73. The van der Waals surface area contributed by atoms with Crippen molar-refractivity contribution >= 4 is 11.6 Å². The Hall–Kier alpha value is -2.53. The van der Waals surface area contributed by atoms with Gasteiger partial charge >= 0.3 is 0 Å². The van der Waals surface area contributed by atoms with Gasteiger partial charge in [-0.05, 0) is 48.4 Å². The molecular formula is C19H23NO4. The van der Waals surface area contributed by atoms with Crippen molar-refractivity contribution in [2.75, 3.05) is 18.5 Å². The zero-order chi connectivity index (χ0) is 17.4. The summed E-state index contributed by atoms with van der Waals surface area (Å²) in [4.78, 5) is 10.9. The number of hydrogen-bond donors (Lipinski definition) is 2. The first-order valence-electron chi connectivity index (χ1n) is 7.97. The predicted octanol–water partition coefficient (Wildman–Crippen LogP) is 3.03. The number of amides is 1. The van der Waals surface area contributed by atoms with Gasteiger partial charge in [0.2, 0.25) is 5.91 Å². The van der Waals surface area contributed by atoms with Crippen LogP contribution in [0, 0.1) is 0 Å². The first-order valence-corrected chi connectivity index (χ1v) is 7.97. The lowest BCUT2D eigenvalue weighted by Gasteiger charge is -2.14. The molecular weight excluding hydrogens is 306 g/mol. The Morgan fingerprint density at radius 1 is 1.00 bits per heavy atom. The maximum atomic E-state index is 10.9. The van der Waals surface area contributed by atoms with Gasteiger partial charge in [-0.2, -0.15) is 0 Å². The lowest BCUT2D eigenvalue weighted by atomic mass is 10.2. The summed E-state index contributed by atoms with van der Waals surface area (Å²) in [6.45, 7) is 3.85. The van der Waals surface area contributed by atoms with E-state index in [1.807, 2.05) is 24.3 Å². The third-order valence-electron chi connectivity index (χ3n) is 3.39. The van der Waals surface area contributed by atoms with Gasteiger partial charge in [0.1, 0.15) is 30.8 Å². The molecule has 128 valence electrons. The highest BCUT2D eigenvalue weighted by Gasteiger charge is 2.07. The van der Waals surface area contributed by atoms with Crippen molar-refractivity contribution in [1.29, 1.82) is 0 Å². The zero-order valence-electron chi connectivity index (χ0n) is 14.0. The van der Waals surface area contributed by atoms with Crippen LogP contribution in [0.15, 0.2) is 48.5 Å². The Morgan fingerprint density at radius 3 is 1.96 bits per heavy atom. The van der Waals surface area contributed by atoms with Gasteiger partial charge in [-0.1, -0.05) is 19.1 Å². The lowest BCUT2D eigenvalue weighted by molar-refractivity contribution is -0.114. The third kappa shape index (κ3) is 5.93. The van der Waals surface area contributed by atoms with Gasteiger partial charge in [0.05, 0.1) is 0 Å². The molecule has 0 aliphatic rings. The number of anilines is 1. The highest BCUT2D eigenvalue weighted by molar-refractivity contribution is 5.88. The fourth-order valence-corrected chi connectivity index (χ4v) is 2.09. The molecule has 5 nitrogen and oxygen atoms in total. The van der Waals surface area contributed by atoms with E-state index in [1.165, 1.54) is 12.5 Å². The molecule has 0 radical (unpaired) electrons. The predicted molar refractivity (Wildman–Crippen MR) is 93.6 cm³/mol. The van der Waals surface area contributed by atoms with Crippen LogP contribution in [0.25, 0.3) is 0 Å². The number of nitrogens with one attached hydrogen (secondary N) is 1. The Labute approximate surface area is 142 Å². The molecule has 0 spiro atoms. The van der Waals surface area contributed by atoms with Crippen molar-refractivity contribution in [3.63, 3.8) is 0 Å². The van der Waals surface area contributed by atoms with Crippen molar-refractivity contribution in [3.05, 3.63) is 54.1 Å². The molecule has 2 rings (SSSR count). The van der Waals surface area contributed by atoms with Gasteiger partial charge in [0, 0.05) is 12.6 Å². The summed E-state index contributed by atoms with van der Waals surface area (Å²) in [6, 6.07) is 14.8. The minimum Gasteiger partial charge on any atom is -0.491 e. The van der Waals surface area contributed by atoms with E-state index in [-0.39, 0.29) is 19.1 Å². The molecule has 5 heteroatoms. The van der Waals surface area contributed by atoms with Crippen LogP contribution in [-0.4, -0.2) is 30.3 Å². The zero-order valence-corrected chi connectivity index (χ0v) is 14.0. The van der Waals surface area contributed by atoms with E-state index in [0.717, 1.165) is 12.2 Å². The molecule has 2 aromatic rings. The molecule has 24 heavy (non-hydrogen) atoms. The number of rotatable bonds is 8. The molecule has 0 saturated carbocycles. The molecule has 1 amide bonds. The van der Waals surface area contributed by atoms with E-state index in [1.54, 1.807) is 24.3 Å². The molecule has 2 N–H and O–H groups in total. The quantitative estimate of drug-likeness (QED) is 0.781. The van der Waals surface area contributed by atoms with Gasteiger partial charge in [0.15, 0.2) is 0 Å². The van der Waals surface area contributed by atoms with Crippen molar-refractivity contribution in [2.45, 2.75) is 26.4 Å².